The monoisotopic (exact) mass is 292 g/mol. The van der Waals surface area contributed by atoms with Crippen LogP contribution in [0.5, 0.6) is 0 Å². The SMILES string of the molecule is Cc1ccc(S(N)(=O)=O)c(C(=O)N(C)CC(F)F)c1. The maximum Gasteiger partial charge on any atom is 0.255 e. The molecule has 1 aromatic rings. The molecule has 1 aromatic carbocycles. The van der Waals surface area contributed by atoms with Gasteiger partial charge in [-0.1, -0.05) is 11.6 Å². The van der Waals surface area contributed by atoms with Gasteiger partial charge in [0.05, 0.1) is 17.0 Å². The van der Waals surface area contributed by atoms with Crippen molar-refractivity contribution in [2.75, 3.05) is 13.6 Å². The molecule has 0 unspecified atom stereocenters. The van der Waals surface area contributed by atoms with Gasteiger partial charge in [-0.3, -0.25) is 4.79 Å². The number of alkyl halides is 2. The van der Waals surface area contributed by atoms with Crippen molar-refractivity contribution in [2.45, 2.75) is 18.2 Å². The lowest BCUT2D eigenvalue weighted by molar-refractivity contribution is 0.0617. The van der Waals surface area contributed by atoms with Crippen molar-refractivity contribution in [1.29, 1.82) is 0 Å². The van der Waals surface area contributed by atoms with E-state index in [-0.39, 0.29) is 10.5 Å². The summed E-state index contributed by atoms with van der Waals surface area (Å²) in [4.78, 5) is 12.4. The molecule has 19 heavy (non-hydrogen) atoms. The van der Waals surface area contributed by atoms with Crippen molar-refractivity contribution in [2.24, 2.45) is 5.14 Å². The second-order valence-electron chi connectivity index (χ2n) is 4.12. The molecular weight excluding hydrogens is 278 g/mol. The van der Waals surface area contributed by atoms with E-state index in [0.717, 1.165) is 4.90 Å². The molecule has 1 rings (SSSR count). The van der Waals surface area contributed by atoms with E-state index in [2.05, 4.69) is 0 Å². The lowest BCUT2D eigenvalue weighted by Crippen LogP contribution is -2.32. The number of carbonyl (C=O) groups excluding carboxylic acids is 1. The molecule has 0 atom stereocenters. The van der Waals surface area contributed by atoms with Gasteiger partial charge in [0.1, 0.15) is 0 Å². The summed E-state index contributed by atoms with van der Waals surface area (Å²) >= 11 is 0. The summed E-state index contributed by atoms with van der Waals surface area (Å²) in [6.07, 6.45) is -2.70. The van der Waals surface area contributed by atoms with E-state index in [0.29, 0.717) is 5.56 Å². The first-order valence-electron chi connectivity index (χ1n) is 5.30. The Hall–Kier alpha value is -1.54. The molecule has 5 nitrogen and oxygen atoms in total. The molecule has 0 aliphatic carbocycles. The fourth-order valence-electron chi connectivity index (χ4n) is 1.55. The van der Waals surface area contributed by atoms with Crippen LogP contribution < -0.4 is 5.14 Å². The fraction of sp³-hybridized carbons (Fsp3) is 0.364. The average molecular weight is 292 g/mol. The van der Waals surface area contributed by atoms with Crippen molar-refractivity contribution in [3.05, 3.63) is 29.3 Å². The molecule has 0 aromatic heterocycles. The Bertz CT molecular complexity index is 588. The summed E-state index contributed by atoms with van der Waals surface area (Å²) in [5.74, 6) is -0.812. The van der Waals surface area contributed by atoms with Crippen LogP contribution in [-0.4, -0.2) is 39.2 Å². The second kappa shape index (κ2) is 5.62. The van der Waals surface area contributed by atoms with Crippen LogP contribution in [0.4, 0.5) is 8.78 Å². The molecule has 0 fully saturated rings. The molecule has 8 heteroatoms. The zero-order valence-electron chi connectivity index (χ0n) is 10.4. The number of benzene rings is 1. The minimum atomic E-state index is -4.09. The van der Waals surface area contributed by atoms with Gasteiger partial charge < -0.3 is 4.90 Å². The number of hydrogen-bond acceptors (Lipinski definition) is 3. The number of rotatable bonds is 4. The number of aryl methyl sites for hydroxylation is 1. The van der Waals surface area contributed by atoms with Gasteiger partial charge in [0.2, 0.25) is 10.0 Å². The molecular formula is C11H14F2N2O3S. The number of sulfonamides is 1. The van der Waals surface area contributed by atoms with Gasteiger partial charge >= 0.3 is 0 Å². The van der Waals surface area contributed by atoms with Crippen LogP contribution in [0.2, 0.25) is 0 Å². The first-order valence-corrected chi connectivity index (χ1v) is 6.84. The van der Waals surface area contributed by atoms with Crippen LogP contribution in [0.15, 0.2) is 23.1 Å². The van der Waals surface area contributed by atoms with Crippen LogP contribution in [0.3, 0.4) is 0 Å². The molecule has 0 aliphatic heterocycles. The molecule has 1 amide bonds. The van der Waals surface area contributed by atoms with Gasteiger partial charge in [-0.2, -0.15) is 0 Å². The predicted octanol–water partition coefficient (Wildman–Crippen LogP) is 0.980. The summed E-state index contributed by atoms with van der Waals surface area (Å²) in [7, 11) is -2.92. The van der Waals surface area contributed by atoms with E-state index < -0.39 is 28.9 Å². The van der Waals surface area contributed by atoms with E-state index >= 15 is 0 Å². The zero-order chi connectivity index (χ0) is 14.8. The number of halogens is 2. The number of nitrogens with two attached hydrogens (primary N) is 1. The Morgan fingerprint density at radius 2 is 2.00 bits per heavy atom. The van der Waals surface area contributed by atoms with Gasteiger partial charge in [0.25, 0.3) is 12.3 Å². The van der Waals surface area contributed by atoms with Crippen LogP contribution in [0.1, 0.15) is 15.9 Å². The third-order valence-corrected chi connectivity index (χ3v) is 3.40. The Morgan fingerprint density at radius 3 is 2.47 bits per heavy atom. The quantitative estimate of drug-likeness (QED) is 0.898. The average Bonchev–Trinajstić information content (AvgIpc) is 2.25. The topological polar surface area (TPSA) is 80.5 Å². The lowest BCUT2D eigenvalue weighted by atomic mass is 10.1. The zero-order valence-corrected chi connectivity index (χ0v) is 11.2. The van der Waals surface area contributed by atoms with Crippen LogP contribution in [0.25, 0.3) is 0 Å². The van der Waals surface area contributed by atoms with Crippen LogP contribution >= 0.6 is 0 Å². The van der Waals surface area contributed by atoms with Gasteiger partial charge in [0.15, 0.2) is 0 Å². The van der Waals surface area contributed by atoms with Crippen molar-refractivity contribution < 1.29 is 22.0 Å². The maximum absolute atomic E-state index is 12.2. The number of nitrogens with zero attached hydrogens (tertiary/aromatic N) is 1. The van der Waals surface area contributed by atoms with E-state index in [9.17, 15) is 22.0 Å². The molecule has 0 saturated carbocycles. The number of amides is 1. The minimum Gasteiger partial charge on any atom is -0.336 e. The predicted molar refractivity (Wildman–Crippen MR) is 65.5 cm³/mol. The summed E-state index contributed by atoms with van der Waals surface area (Å²) in [5, 5.41) is 5.00. The highest BCUT2D eigenvalue weighted by Gasteiger charge is 2.23. The molecule has 0 bridgehead atoms. The van der Waals surface area contributed by atoms with Crippen molar-refractivity contribution >= 4 is 15.9 Å². The molecule has 0 saturated heterocycles. The van der Waals surface area contributed by atoms with Crippen molar-refractivity contribution in [1.82, 2.24) is 4.90 Å². The molecule has 0 radical (unpaired) electrons. The largest absolute Gasteiger partial charge is 0.336 e. The Morgan fingerprint density at radius 1 is 1.42 bits per heavy atom. The number of carbonyl (C=O) groups is 1. The van der Waals surface area contributed by atoms with Crippen molar-refractivity contribution in [3.63, 3.8) is 0 Å². The van der Waals surface area contributed by atoms with E-state index in [4.69, 9.17) is 5.14 Å². The summed E-state index contributed by atoms with van der Waals surface area (Å²) in [6.45, 7) is 0.869. The van der Waals surface area contributed by atoms with Gasteiger partial charge in [-0.25, -0.2) is 22.3 Å². The number of hydrogen-bond donors (Lipinski definition) is 1. The highest BCUT2D eigenvalue weighted by Crippen LogP contribution is 2.18. The molecule has 0 spiro atoms. The normalized spacial score (nSPS) is 11.7. The van der Waals surface area contributed by atoms with E-state index in [1.54, 1.807) is 6.92 Å². The number of primary sulfonamides is 1. The summed E-state index contributed by atoms with van der Waals surface area (Å²) < 4.78 is 47.2. The fourth-order valence-corrected chi connectivity index (χ4v) is 2.27. The second-order valence-corrected chi connectivity index (χ2v) is 5.65. The highest BCUT2D eigenvalue weighted by atomic mass is 32.2. The van der Waals surface area contributed by atoms with Gasteiger partial charge in [-0.05, 0) is 19.1 Å². The molecule has 0 heterocycles. The summed E-state index contributed by atoms with van der Waals surface area (Å²) in [5.41, 5.74) is 0.423. The third kappa shape index (κ3) is 3.97. The molecule has 106 valence electrons. The first kappa shape index (κ1) is 15.5. The smallest absolute Gasteiger partial charge is 0.255 e. The van der Waals surface area contributed by atoms with Crippen LogP contribution in [-0.2, 0) is 10.0 Å². The lowest BCUT2D eigenvalue weighted by Gasteiger charge is -2.18. The van der Waals surface area contributed by atoms with Gasteiger partial charge in [0, 0.05) is 7.05 Å². The Labute approximate surface area is 110 Å². The Kier molecular flexibility index (Phi) is 4.59. The highest BCUT2D eigenvalue weighted by molar-refractivity contribution is 7.89. The molecule has 2 N–H and O–H groups in total. The summed E-state index contributed by atoms with van der Waals surface area (Å²) in [6, 6.07) is 3.97. The van der Waals surface area contributed by atoms with Gasteiger partial charge in [-0.15, -0.1) is 0 Å². The maximum atomic E-state index is 12.2. The van der Waals surface area contributed by atoms with Crippen molar-refractivity contribution in [3.8, 4) is 0 Å². The third-order valence-electron chi connectivity index (χ3n) is 2.43. The van der Waals surface area contributed by atoms with Crippen LogP contribution in [0, 0.1) is 6.92 Å². The van der Waals surface area contributed by atoms with E-state index in [1.807, 2.05) is 0 Å². The first-order chi connectivity index (χ1) is 8.62. The standard InChI is InChI=1S/C11H14F2N2O3S/c1-7-3-4-9(19(14,17)18)8(5-7)11(16)15(2)6-10(12)13/h3-5,10H,6H2,1-2H3,(H2,14,17,18). The Balaban J connectivity index is 3.26. The van der Waals surface area contributed by atoms with E-state index in [1.165, 1.54) is 25.2 Å². The molecule has 0 aliphatic rings. The minimum absolute atomic E-state index is 0.203.